The first-order valence-electron chi connectivity index (χ1n) is 9.17. The minimum absolute atomic E-state index is 0.00601. The quantitative estimate of drug-likeness (QED) is 0.447. The molecule has 0 bridgehead atoms. The molecular formula is C19H24ClF2N5O2S. The molecule has 1 aromatic heterocycles. The summed E-state index contributed by atoms with van der Waals surface area (Å²) >= 11 is 6.32. The summed E-state index contributed by atoms with van der Waals surface area (Å²) in [4.78, 5) is 19.0. The van der Waals surface area contributed by atoms with Gasteiger partial charge in [-0.3, -0.25) is 9.48 Å². The van der Waals surface area contributed by atoms with Gasteiger partial charge in [0, 0.05) is 32.6 Å². The summed E-state index contributed by atoms with van der Waals surface area (Å²) < 4.78 is 44.8. The lowest BCUT2D eigenvalue weighted by Crippen LogP contribution is -2.14. The highest BCUT2D eigenvalue weighted by Gasteiger charge is 2.25. The Labute approximate surface area is 179 Å². The monoisotopic (exact) mass is 459 g/mol. The molecule has 2 rings (SSSR count). The molecule has 1 atom stereocenters. The first-order chi connectivity index (χ1) is 14.0. The van der Waals surface area contributed by atoms with Gasteiger partial charge in [-0.2, -0.15) is 9.46 Å². The Kier molecular flexibility index (Phi) is 7.70. The molecule has 2 aromatic rings. The number of benzene rings is 1. The molecule has 0 aliphatic heterocycles. The number of hydrogen-bond acceptors (Lipinski definition) is 4. The molecule has 0 aliphatic rings. The molecule has 30 heavy (non-hydrogen) atoms. The van der Waals surface area contributed by atoms with E-state index >= 15 is 0 Å². The number of carbonyl (C=O) groups excluding carboxylic acids is 1. The summed E-state index contributed by atoms with van der Waals surface area (Å²) in [6.45, 7) is 6.03. The summed E-state index contributed by atoms with van der Waals surface area (Å²) in [5.41, 5.74) is -0.0128. The Morgan fingerprint density at radius 1 is 1.40 bits per heavy atom. The third-order valence-corrected chi connectivity index (χ3v) is 7.07. The van der Waals surface area contributed by atoms with Crippen molar-refractivity contribution in [3.63, 3.8) is 0 Å². The number of nitrogens with zero attached hydrogens (tertiary/aromatic N) is 5. The van der Waals surface area contributed by atoms with Crippen LogP contribution in [0, 0.1) is 6.92 Å². The van der Waals surface area contributed by atoms with Crippen LogP contribution in [0.25, 0.3) is 0 Å². The average Bonchev–Trinajstić information content (AvgIpc) is 3.10. The normalized spacial score (nSPS) is 13.6. The zero-order chi connectivity index (χ0) is 22.6. The van der Waals surface area contributed by atoms with Gasteiger partial charge in [0.2, 0.25) is 0 Å². The largest absolute Gasteiger partial charge is 0.366 e. The van der Waals surface area contributed by atoms with E-state index in [0.717, 1.165) is 17.4 Å². The van der Waals surface area contributed by atoms with Gasteiger partial charge in [-0.15, -0.1) is 0 Å². The number of alkyl halides is 2. The van der Waals surface area contributed by atoms with Crippen LogP contribution in [-0.2, 0) is 16.8 Å². The highest BCUT2D eigenvalue weighted by Crippen LogP contribution is 2.32. The second kappa shape index (κ2) is 9.65. The highest BCUT2D eigenvalue weighted by molar-refractivity contribution is 7.94. The molecule has 0 saturated heterocycles. The Morgan fingerprint density at radius 2 is 2.07 bits per heavy atom. The first-order valence-corrected chi connectivity index (χ1v) is 11.2. The lowest BCUT2D eigenvalue weighted by Gasteiger charge is -2.13. The summed E-state index contributed by atoms with van der Waals surface area (Å²) in [5, 5.41) is 4.01. The Balaban J connectivity index is 2.54. The zero-order valence-corrected chi connectivity index (χ0v) is 19.0. The maximum atomic E-state index is 13.5. The summed E-state index contributed by atoms with van der Waals surface area (Å²) in [6.07, 6.45) is -0.234. The fraction of sp³-hybridized carbons (Fsp3) is 0.421. The number of aliphatic imine (C=N–C) groups is 1. The summed E-state index contributed by atoms with van der Waals surface area (Å²) in [7, 11) is 0.0175. The van der Waals surface area contributed by atoms with Crippen molar-refractivity contribution in [1.82, 2.24) is 14.7 Å². The van der Waals surface area contributed by atoms with Gasteiger partial charge in [0.1, 0.15) is 0 Å². The summed E-state index contributed by atoms with van der Waals surface area (Å²) in [6, 6.07) is 3.11. The molecule has 1 heterocycles. The van der Waals surface area contributed by atoms with Gasteiger partial charge in [-0.25, -0.2) is 18.0 Å². The molecule has 1 aromatic carbocycles. The van der Waals surface area contributed by atoms with Gasteiger partial charge < -0.3 is 4.90 Å². The van der Waals surface area contributed by atoms with Gasteiger partial charge in [-0.05, 0) is 31.5 Å². The van der Waals surface area contributed by atoms with Crippen molar-refractivity contribution in [2.75, 3.05) is 19.3 Å². The Morgan fingerprint density at radius 3 is 2.63 bits per heavy atom. The number of halogens is 3. The summed E-state index contributed by atoms with van der Waals surface area (Å²) in [5.74, 6) is -1.06. The van der Waals surface area contributed by atoms with Crippen LogP contribution < -0.4 is 0 Å². The van der Waals surface area contributed by atoms with Gasteiger partial charge in [-0.1, -0.05) is 18.5 Å². The molecule has 0 saturated carbocycles. The second-order valence-corrected chi connectivity index (χ2v) is 9.51. The van der Waals surface area contributed by atoms with Gasteiger partial charge >= 0.3 is 5.91 Å². The van der Waals surface area contributed by atoms with Crippen LogP contribution in [0.3, 0.4) is 0 Å². The smallest absolute Gasteiger partial charge is 0.306 e. The average molecular weight is 460 g/mol. The SMILES string of the molecule is CCN(C)/C=N/c1cc(C)c(S(=O)(CC)=NC(=O)c2nn(C)cc2C(F)F)cc1Cl. The van der Waals surface area contributed by atoms with Gasteiger partial charge in [0.25, 0.3) is 6.43 Å². The fourth-order valence-corrected chi connectivity index (χ4v) is 4.65. The van der Waals surface area contributed by atoms with Crippen molar-refractivity contribution in [3.8, 4) is 0 Å². The van der Waals surface area contributed by atoms with E-state index in [1.165, 1.54) is 13.1 Å². The number of aryl methyl sites for hydroxylation is 2. The van der Waals surface area contributed by atoms with Crippen LogP contribution in [0.2, 0.25) is 5.02 Å². The standard InChI is InChI=1S/C19H24ClF2N5O2S/c1-6-26(4)11-23-15-8-12(3)16(9-14(15)20)30(29,7-2)25-19(28)17-13(18(21)22)10-27(5)24-17/h8-11,18H,6-7H2,1-5H3/b23-11+. The minimum atomic E-state index is -3.26. The maximum Gasteiger partial charge on any atom is 0.306 e. The molecule has 11 heteroatoms. The van der Waals surface area contributed by atoms with E-state index in [9.17, 15) is 17.8 Å². The number of rotatable bonds is 7. The van der Waals surface area contributed by atoms with E-state index < -0.39 is 33.3 Å². The van der Waals surface area contributed by atoms with Crippen molar-refractivity contribution < 1.29 is 17.8 Å². The number of hydrogen-bond donors (Lipinski definition) is 0. The first kappa shape index (κ1) is 23.9. The third-order valence-electron chi connectivity index (χ3n) is 4.40. The van der Waals surface area contributed by atoms with Gasteiger partial charge in [0.05, 0.1) is 37.2 Å². The van der Waals surface area contributed by atoms with Crippen LogP contribution in [0.15, 0.2) is 32.6 Å². The number of amides is 1. The van der Waals surface area contributed by atoms with Crippen LogP contribution >= 0.6 is 11.6 Å². The number of aromatic nitrogens is 2. The molecule has 1 unspecified atom stereocenters. The molecule has 0 aliphatic carbocycles. The van der Waals surface area contributed by atoms with Crippen LogP contribution in [0.4, 0.5) is 14.5 Å². The molecule has 7 nitrogen and oxygen atoms in total. The Hall–Kier alpha value is -2.33. The lowest BCUT2D eigenvalue weighted by molar-refractivity contribution is 0.0985. The molecule has 0 N–H and O–H groups in total. The van der Waals surface area contributed by atoms with E-state index in [4.69, 9.17) is 11.6 Å². The van der Waals surface area contributed by atoms with Crippen LogP contribution in [-0.4, -0.2) is 50.5 Å². The molecule has 0 radical (unpaired) electrons. The van der Waals surface area contributed by atoms with Crippen molar-refractivity contribution in [1.29, 1.82) is 0 Å². The third kappa shape index (κ3) is 5.23. The predicted molar refractivity (Wildman–Crippen MR) is 115 cm³/mol. The van der Waals surface area contributed by atoms with Crippen molar-refractivity contribution in [2.45, 2.75) is 32.1 Å². The molecular weight excluding hydrogens is 436 g/mol. The molecule has 0 fully saturated rings. The molecule has 1 amide bonds. The lowest BCUT2D eigenvalue weighted by atomic mass is 10.2. The molecule has 164 valence electrons. The molecule has 0 spiro atoms. The van der Waals surface area contributed by atoms with Gasteiger partial charge in [0.15, 0.2) is 5.69 Å². The predicted octanol–water partition coefficient (Wildman–Crippen LogP) is 4.62. The topological polar surface area (TPSA) is 79.9 Å². The van der Waals surface area contributed by atoms with E-state index in [0.29, 0.717) is 11.3 Å². The fourth-order valence-electron chi connectivity index (χ4n) is 2.61. The highest BCUT2D eigenvalue weighted by atomic mass is 35.5. The van der Waals surface area contributed by atoms with Crippen molar-refractivity contribution in [2.24, 2.45) is 16.4 Å². The van der Waals surface area contributed by atoms with E-state index in [1.807, 2.05) is 18.9 Å². The number of carbonyl (C=O) groups is 1. The van der Waals surface area contributed by atoms with Crippen LogP contribution in [0.1, 0.15) is 41.9 Å². The van der Waals surface area contributed by atoms with Crippen molar-refractivity contribution in [3.05, 3.63) is 40.2 Å². The maximum absolute atomic E-state index is 13.5. The second-order valence-electron chi connectivity index (χ2n) is 6.62. The van der Waals surface area contributed by atoms with E-state index in [1.54, 1.807) is 26.3 Å². The minimum Gasteiger partial charge on any atom is -0.366 e. The van der Waals surface area contributed by atoms with Crippen LogP contribution in [0.5, 0.6) is 0 Å². The zero-order valence-electron chi connectivity index (χ0n) is 17.4. The van der Waals surface area contributed by atoms with Crippen molar-refractivity contribution >= 4 is 39.3 Å². The Bertz CT molecular complexity index is 1090. The van der Waals surface area contributed by atoms with E-state index in [2.05, 4.69) is 14.5 Å². The van der Waals surface area contributed by atoms with E-state index in [-0.39, 0.29) is 15.7 Å².